The Kier molecular flexibility index (Phi) is 4.56. The van der Waals surface area contributed by atoms with Gasteiger partial charge in [-0.05, 0) is 62.6 Å². The second-order valence-electron chi connectivity index (χ2n) is 8.87. The van der Waals surface area contributed by atoms with Gasteiger partial charge in [0.1, 0.15) is 5.71 Å². The molecule has 2 aliphatic rings. The molecule has 4 heterocycles. The van der Waals surface area contributed by atoms with Gasteiger partial charge in [-0.25, -0.2) is 4.98 Å². The molecule has 0 unspecified atom stereocenters. The molecule has 32 heavy (non-hydrogen) atoms. The first-order valence-electron chi connectivity index (χ1n) is 11.4. The van der Waals surface area contributed by atoms with Gasteiger partial charge in [0.25, 0.3) is 0 Å². The summed E-state index contributed by atoms with van der Waals surface area (Å²) in [6.45, 7) is 7.67. The molecule has 164 valence electrons. The van der Waals surface area contributed by atoms with Crippen molar-refractivity contribution in [3.05, 3.63) is 81.5 Å². The van der Waals surface area contributed by atoms with E-state index in [-0.39, 0.29) is 0 Å². The Morgan fingerprint density at radius 2 is 1.69 bits per heavy atom. The molecule has 0 fully saturated rings. The summed E-state index contributed by atoms with van der Waals surface area (Å²) in [6.07, 6.45) is 1.44. The van der Waals surface area contributed by atoms with E-state index >= 15 is 8.63 Å². The van der Waals surface area contributed by atoms with Crippen molar-refractivity contribution in [3.63, 3.8) is 0 Å². The SMILES string of the molecule is CCC1=C(C)C2=C(c3ccc4ccccc4n3)c3c(C)c(CC)c(C)n3[B-](F)(F)[N+]2=C1C. The van der Waals surface area contributed by atoms with Gasteiger partial charge < -0.3 is 17.6 Å². The number of pyridine rings is 1. The van der Waals surface area contributed by atoms with Crippen molar-refractivity contribution in [2.75, 3.05) is 0 Å². The molecule has 0 radical (unpaired) electrons. The largest absolute Gasteiger partial charge is 0.737 e. The third kappa shape index (κ3) is 2.52. The van der Waals surface area contributed by atoms with Crippen molar-refractivity contribution in [1.29, 1.82) is 0 Å². The third-order valence-electron chi connectivity index (χ3n) is 7.35. The van der Waals surface area contributed by atoms with Crippen LogP contribution >= 0.6 is 0 Å². The molecule has 0 N–H and O–H groups in total. The lowest BCUT2D eigenvalue weighted by Gasteiger charge is -2.33. The summed E-state index contributed by atoms with van der Waals surface area (Å²) in [5, 5.41) is 1.04. The maximum atomic E-state index is 16.3. The van der Waals surface area contributed by atoms with Crippen molar-refractivity contribution >= 4 is 29.2 Å². The number of hydrogen-bond acceptors (Lipinski definition) is 1. The number of hydrogen-bond donors (Lipinski definition) is 0. The number of halogens is 2. The van der Waals surface area contributed by atoms with Gasteiger partial charge in [0.15, 0.2) is 5.70 Å². The Labute approximate surface area is 187 Å². The minimum Gasteiger partial charge on any atom is -0.393 e. The normalized spacial score (nSPS) is 17.5. The van der Waals surface area contributed by atoms with Crippen LogP contribution in [0.5, 0.6) is 0 Å². The van der Waals surface area contributed by atoms with E-state index in [0.717, 1.165) is 57.3 Å². The zero-order chi connectivity index (χ0) is 22.9. The molecule has 0 amide bonds. The van der Waals surface area contributed by atoms with E-state index in [9.17, 15) is 0 Å². The van der Waals surface area contributed by atoms with Crippen molar-refractivity contribution in [3.8, 4) is 0 Å². The van der Waals surface area contributed by atoms with Gasteiger partial charge >= 0.3 is 6.97 Å². The predicted octanol–water partition coefficient (Wildman–Crippen LogP) is 6.42. The quantitative estimate of drug-likeness (QED) is 0.438. The topological polar surface area (TPSA) is 20.8 Å². The smallest absolute Gasteiger partial charge is 0.393 e. The molecule has 0 saturated heterocycles. The van der Waals surface area contributed by atoms with Gasteiger partial charge in [-0.15, -0.1) is 0 Å². The number of benzene rings is 1. The van der Waals surface area contributed by atoms with Crippen molar-refractivity contribution in [1.82, 2.24) is 9.46 Å². The van der Waals surface area contributed by atoms with Crippen LogP contribution in [-0.4, -0.2) is 26.6 Å². The van der Waals surface area contributed by atoms with E-state index in [0.29, 0.717) is 22.8 Å². The summed E-state index contributed by atoms with van der Waals surface area (Å²) in [7, 11) is 0. The van der Waals surface area contributed by atoms with Crippen LogP contribution in [0.25, 0.3) is 16.5 Å². The van der Waals surface area contributed by atoms with E-state index in [4.69, 9.17) is 4.98 Å². The molecule has 3 aromatic rings. The highest BCUT2D eigenvalue weighted by molar-refractivity contribution is 6.58. The fraction of sp³-hybridized carbons (Fsp3) is 0.308. The average molecular weight is 431 g/mol. The van der Waals surface area contributed by atoms with Crippen molar-refractivity contribution in [2.24, 2.45) is 0 Å². The number of fused-ring (bicyclic) bond motifs is 3. The van der Waals surface area contributed by atoms with Crippen LogP contribution in [0.3, 0.4) is 0 Å². The summed E-state index contributed by atoms with van der Waals surface area (Å²) in [4.78, 5) is 4.95. The summed E-state index contributed by atoms with van der Waals surface area (Å²) in [5.74, 6) is 0. The lowest BCUT2D eigenvalue weighted by Crippen LogP contribution is -2.51. The summed E-state index contributed by atoms with van der Waals surface area (Å²) in [6, 6.07) is 12.0. The summed E-state index contributed by atoms with van der Waals surface area (Å²) in [5.41, 5.74) is 8.80. The predicted molar refractivity (Wildman–Crippen MR) is 128 cm³/mol. The molecule has 2 aromatic heterocycles. The van der Waals surface area contributed by atoms with E-state index in [1.165, 1.54) is 8.96 Å². The second-order valence-corrected chi connectivity index (χ2v) is 8.87. The summed E-state index contributed by atoms with van der Waals surface area (Å²) >= 11 is 0. The Morgan fingerprint density at radius 1 is 0.969 bits per heavy atom. The zero-order valence-corrected chi connectivity index (χ0v) is 19.6. The number of allylic oxidation sites excluding steroid dienone is 2. The van der Waals surface area contributed by atoms with E-state index in [1.54, 1.807) is 0 Å². The maximum absolute atomic E-state index is 16.3. The maximum Gasteiger partial charge on any atom is 0.737 e. The van der Waals surface area contributed by atoms with Gasteiger partial charge in [0, 0.05) is 29.2 Å². The van der Waals surface area contributed by atoms with Gasteiger partial charge in [0.2, 0.25) is 0 Å². The standard InChI is InChI=1S/C26H28BF2N3/c1-7-20-15(3)25-24(23-14-13-19-11-9-10-12-22(19)30-23)26-16(4)21(8-2)18(6)32(26)27(28,29)31(25)17(20)5/h9-14H,7-8H2,1-6H3. The Bertz CT molecular complexity index is 1410. The first kappa shape index (κ1) is 20.9. The first-order valence-corrected chi connectivity index (χ1v) is 11.4. The van der Waals surface area contributed by atoms with Crippen molar-refractivity contribution < 1.29 is 13.1 Å². The number of para-hydroxylation sites is 1. The van der Waals surface area contributed by atoms with Crippen LogP contribution in [0.1, 0.15) is 62.3 Å². The molecule has 0 bridgehead atoms. The van der Waals surface area contributed by atoms with E-state index in [1.807, 2.05) is 77.9 Å². The molecule has 0 atom stereocenters. The van der Waals surface area contributed by atoms with Crippen LogP contribution in [0, 0.1) is 13.8 Å². The number of rotatable bonds is 3. The molecule has 3 nitrogen and oxygen atoms in total. The van der Waals surface area contributed by atoms with Crippen LogP contribution < -0.4 is 0 Å². The first-order chi connectivity index (χ1) is 15.2. The fourth-order valence-electron chi connectivity index (χ4n) is 5.93. The molecular weight excluding hydrogens is 403 g/mol. The highest BCUT2D eigenvalue weighted by atomic mass is 19.2. The number of aromatic nitrogens is 2. The Morgan fingerprint density at radius 3 is 2.38 bits per heavy atom. The lowest BCUT2D eigenvalue weighted by molar-refractivity contribution is -0.363. The highest BCUT2D eigenvalue weighted by Crippen LogP contribution is 2.46. The molecule has 0 aliphatic carbocycles. The van der Waals surface area contributed by atoms with E-state index in [2.05, 4.69) is 0 Å². The highest BCUT2D eigenvalue weighted by Gasteiger charge is 2.56. The molecule has 0 saturated carbocycles. The lowest BCUT2D eigenvalue weighted by atomic mass is 9.85. The van der Waals surface area contributed by atoms with Crippen LogP contribution in [0.15, 0.2) is 53.2 Å². The van der Waals surface area contributed by atoms with Crippen LogP contribution in [0.4, 0.5) is 8.63 Å². The minimum absolute atomic E-state index is 0.614. The van der Waals surface area contributed by atoms with Crippen molar-refractivity contribution in [2.45, 2.75) is 54.4 Å². The number of nitrogens with zero attached hydrogens (tertiary/aromatic N) is 3. The second kappa shape index (κ2) is 6.99. The molecule has 1 aromatic carbocycles. The molecule has 0 spiro atoms. The van der Waals surface area contributed by atoms with E-state index < -0.39 is 6.97 Å². The van der Waals surface area contributed by atoms with Gasteiger partial charge in [0.05, 0.1) is 16.8 Å². The molecule has 2 aliphatic heterocycles. The average Bonchev–Trinajstić information content (AvgIpc) is 3.18. The third-order valence-corrected chi connectivity index (χ3v) is 7.35. The summed E-state index contributed by atoms with van der Waals surface area (Å²) < 4.78 is 35.1. The fourth-order valence-corrected chi connectivity index (χ4v) is 5.93. The molecular formula is C26H28BF2N3. The zero-order valence-electron chi connectivity index (χ0n) is 19.6. The van der Waals surface area contributed by atoms with Gasteiger partial charge in [-0.2, -0.15) is 0 Å². The molecule has 6 heteroatoms. The monoisotopic (exact) mass is 431 g/mol. The Balaban J connectivity index is 1.97. The van der Waals surface area contributed by atoms with Crippen LogP contribution in [0.2, 0.25) is 0 Å². The van der Waals surface area contributed by atoms with Gasteiger partial charge in [-0.1, -0.05) is 38.1 Å². The minimum atomic E-state index is -4.01. The molecule has 5 rings (SSSR count). The van der Waals surface area contributed by atoms with Crippen LogP contribution in [-0.2, 0) is 6.42 Å². The van der Waals surface area contributed by atoms with Gasteiger partial charge in [-0.3, -0.25) is 0 Å². The Hall–Kier alpha value is -3.02.